The lowest BCUT2D eigenvalue weighted by Gasteiger charge is -2.12. The maximum atomic E-state index is 12.6. The van der Waals surface area contributed by atoms with Crippen LogP contribution >= 0.6 is 12.4 Å². The highest BCUT2D eigenvalue weighted by atomic mass is 35.5. The molecule has 30 heavy (non-hydrogen) atoms. The van der Waals surface area contributed by atoms with E-state index in [0.29, 0.717) is 34.6 Å². The van der Waals surface area contributed by atoms with Crippen LogP contribution in [0.15, 0.2) is 65.6 Å². The van der Waals surface area contributed by atoms with Crippen molar-refractivity contribution in [2.24, 2.45) is 0 Å². The lowest BCUT2D eigenvalue weighted by Crippen LogP contribution is -2.16. The summed E-state index contributed by atoms with van der Waals surface area (Å²) < 4.78 is 6.73. The van der Waals surface area contributed by atoms with Gasteiger partial charge in [-0.15, -0.1) is 12.4 Å². The summed E-state index contributed by atoms with van der Waals surface area (Å²) in [7, 11) is 0. The van der Waals surface area contributed by atoms with Crippen molar-refractivity contribution in [3.63, 3.8) is 0 Å². The van der Waals surface area contributed by atoms with Gasteiger partial charge in [0.2, 0.25) is 5.78 Å². The van der Waals surface area contributed by atoms with Gasteiger partial charge in [0.05, 0.1) is 28.8 Å². The van der Waals surface area contributed by atoms with Gasteiger partial charge in [0.15, 0.2) is 0 Å². The van der Waals surface area contributed by atoms with Crippen LogP contribution in [0.2, 0.25) is 0 Å². The molecule has 0 aliphatic carbocycles. The van der Waals surface area contributed by atoms with E-state index in [1.807, 2.05) is 19.1 Å². The van der Waals surface area contributed by atoms with Gasteiger partial charge >= 0.3 is 5.97 Å². The lowest BCUT2D eigenvalue weighted by molar-refractivity contribution is 0.0501. The van der Waals surface area contributed by atoms with Crippen LogP contribution in [-0.4, -0.2) is 26.9 Å². The predicted octanol–water partition coefficient (Wildman–Crippen LogP) is 4.37. The van der Waals surface area contributed by atoms with Crippen molar-refractivity contribution in [1.29, 1.82) is 0 Å². The summed E-state index contributed by atoms with van der Waals surface area (Å²) in [6, 6.07) is 15.9. The highest BCUT2D eigenvalue weighted by Gasteiger charge is 2.13. The number of nitrogens with one attached hydrogen (secondary N) is 1. The van der Waals surface area contributed by atoms with Crippen LogP contribution < -0.4 is 10.9 Å². The van der Waals surface area contributed by atoms with E-state index in [4.69, 9.17) is 4.74 Å². The van der Waals surface area contributed by atoms with Crippen molar-refractivity contribution < 1.29 is 9.53 Å². The van der Waals surface area contributed by atoms with Gasteiger partial charge in [-0.05, 0) is 36.8 Å². The maximum Gasteiger partial charge on any atom is 0.340 e. The lowest BCUT2D eigenvalue weighted by atomic mass is 10.2. The summed E-state index contributed by atoms with van der Waals surface area (Å²) in [6.45, 7) is 2.43. The first-order valence-corrected chi connectivity index (χ1v) is 9.48. The largest absolute Gasteiger partial charge is 0.462 e. The van der Waals surface area contributed by atoms with Crippen LogP contribution in [0, 0.1) is 0 Å². The van der Waals surface area contributed by atoms with Crippen molar-refractivity contribution in [2.75, 3.05) is 11.9 Å². The summed E-state index contributed by atoms with van der Waals surface area (Å²) in [5.41, 5.74) is 1.41. The number of hydrogen-bond donors (Lipinski definition) is 1. The average Bonchev–Trinajstić information content (AvgIpc) is 2.74. The Kier molecular flexibility index (Phi) is 6.64. The van der Waals surface area contributed by atoms with Crippen molar-refractivity contribution in [3.05, 3.63) is 76.7 Å². The molecule has 4 rings (SSSR count). The van der Waals surface area contributed by atoms with E-state index in [1.165, 1.54) is 4.40 Å². The SMILES string of the molecule is CCCCOC(=O)c1ccccc1Nc1ccn2c(=O)c3ccccc3nc2n1.Cl. The molecule has 0 radical (unpaired) electrons. The molecule has 4 aromatic rings. The fraction of sp³-hybridized carbons (Fsp3) is 0.182. The topological polar surface area (TPSA) is 85.6 Å². The number of esters is 1. The molecule has 8 heteroatoms. The number of anilines is 2. The Labute approximate surface area is 179 Å². The first kappa shape index (κ1) is 21.3. The van der Waals surface area contributed by atoms with Crippen LogP contribution in [0.1, 0.15) is 30.1 Å². The smallest absolute Gasteiger partial charge is 0.340 e. The van der Waals surface area contributed by atoms with E-state index in [0.717, 1.165) is 12.8 Å². The minimum Gasteiger partial charge on any atom is -0.462 e. The molecule has 0 atom stereocenters. The average molecular weight is 425 g/mol. The van der Waals surface area contributed by atoms with Gasteiger partial charge in [-0.2, -0.15) is 4.98 Å². The fourth-order valence-electron chi connectivity index (χ4n) is 3.00. The molecular weight excluding hydrogens is 404 g/mol. The van der Waals surface area contributed by atoms with Crippen molar-refractivity contribution in [2.45, 2.75) is 19.8 Å². The summed E-state index contributed by atoms with van der Waals surface area (Å²) in [4.78, 5) is 33.9. The molecule has 0 saturated carbocycles. The fourth-order valence-corrected chi connectivity index (χ4v) is 3.00. The Morgan fingerprint density at radius 3 is 2.67 bits per heavy atom. The molecule has 0 amide bonds. The molecule has 0 saturated heterocycles. The predicted molar refractivity (Wildman–Crippen MR) is 119 cm³/mol. The number of aromatic nitrogens is 3. The Bertz CT molecular complexity index is 1260. The molecule has 1 N–H and O–H groups in total. The molecule has 2 aromatic carbocycles. The number of ether oxygens (including phenoxy) is 1. The van der Waals surface area contributed by atoms with E-state index in [1.54, 1.807) is 48.7 Å². The van der Waals surface area contributed by atoms with Gasteiger partial charge in [-0.25, -0.2) is 9.78 Å². The minimum absolute atomic E-state index is 0. The van der Waals surface area contributed by atoms with E-state index in [2.05, 4.69) is 15.3 Å². The van der Waals surface area contributed by atoms with Crippen molar-refractivity contribution in [3.8, 4) is 0 Å². The minimum atomic E-state index is -0.386. The monoisotopic (exact) mass is 424 g/mol. The molecule has 0 aliphatic heterocycles. The van der Waals surface area contributed by atoms with E-state index in [-0.39, 0.29) is 29.7 Å². The number of carbonyl (C=O) groups is 1. The molecule has 0 unspecified atom stereocenters. The quantitative estimate of drug-likeness (QED) is 0.281. The van der Waals surface area contributed by atoms with Crippen LogP contribution in [0.25, 0.3) is 16.7 Å². The summed E-state index contributed by atoms with van der Waals surface area (Å²) in [5.74, 6) is 0.366. The number of benzene rings is 2. The number of fused-ring (bicyclic) bond motifs is 2. The second-order valence-electron chi connectivity index (χ2n) is 6.58. The molecule has 0 bridgehead atoms. The molecule has 0 fully saturated rings. The summed E-state index contributed by atoms with van der Waals surface area (Å²) in [5, 5.41) is 3.67. The number of carbonyl (C=O) groups excluding carboxylic acids is 1. The first-order chi connectivity index (χ1) is 14.2. The summed E-state index contributed by atoms with van der Waals surface area (Å²) in [6.07, 6.45) is 3.39. The first-order valence-electron chi connectivity index (χ1n) is 9.48. The second kappa shape index (κ2) is 9.37. The van der Waals surface area contributed by atoms with Gasteiger partial charge in [-0.1, -0.05) is 37.6 Å². The number of nitrogens with zero attached hydrogens (tertiary/aromatic N) is 3. The number of halogens is 1. The van der Waals surface area contributed by atoms with E-state index in [9.17, 15) is 9.59 Å². The molecule has 0 aliphatic rings. The molecule has 2 aromatic heterocycles. The van der Waals surface area contributed by atoms with Gasteiger partial charge in [-0.3, -0.25) is 9.20 Å². The Balaban J connectivity index is 0.00000256. The number of para-hydroxylation sites is 2. The number of rotatable bonds is 6. The van der Waals surface area contributed by atoms with Crippen molar-refractivity contribution in [1.82, 2.24) is 14.4 Å². The molecule has 2 heterocycles. The molecule has 0 spiro atoms. The Morgan fingerprint density at radius 1 is 1.07 bits per heavy atom. The van der Waals surface area contributed by atoms with Crippen LogP contribution in [0.5, 0.6) is 0 Å². The standard InChI is InChI=1S/C22H20N4O3.ClH/c1-2-3-14-29-21(28)16-9-5-7-11-18(16)23-19-12-13-26-20(27)15-8-4-6-10-17(15)24-22(26)25-19;/h4-13H,2-3,14H2,1H3,(H,23,24,25);1H. The van der Waals surface area contributed by atoms with Crippen molar-refractivity contribution >= 4 is 46.6 Å². The Morgan fingerprint density at radius 2 is 1.83 bits per heavy atom. The van der Waals surface area contributed by atoms with Gasteiger partial charge < -0.3 is 10.1 Å². The molecular formula is C22H21ClN4O3. The van der Waals surface area contributed by atoms with E-state index >= 15 is 0 Å². The zero-order chi connectivity index (χ0) is 20.2. The Hall–Kier alpha value is -3.45. The highest BCUT2D eigenvalue weighted by molar-refractivity contribution is 5.96. The summed E-state index contributed by atoms with van der Waals surface area (Å²) >= 11 is 0. The molecule has 154 valence electrons. The third-order valence-electron chi connectivity index (χ3n) is 4.53. The van der Waals surface area contributed by atoms with Gasteiger partial charge in [0.1, 0.15) is 5.82 Å². The van der Waals surface area contributed by atoms with E-state index < -0.39 is 0 Å². The van der Waals surface area contributed by atoms with Crippen LogP contribution in [0.3, 0.4) is 0 Å². The highest BCUT2D eigenvalue weighted by Crippen LogP contribution is 2.21. The van der Waals surface area contributed by atoms with Gasteiger partial charge in [0.25, 0.3) is 5.56 Å². The zero-order valence-corrected chi connectivity index (χ0v) is 17.2. The molecule has 7 nitrogen and oxygen atoms in total. The third kappa shape index (κ3) is 4.26. The number of hydrogen-bond acceptors (Lipinski definition) is 6. The number of unbranched alkanes of at least 4 members (excludes halogenated alkanes) is 1. The zero-order valence-electron chi connectivity index (χ0n) is 16.4. The normalized spacial score (nSPS) is 10.6. The van der Waals surface area contributed by atoms with Crippen LogP contribution in [0.4, 0.5) is 11.5 Å². The van der Waals surface area contributed by atoms with Crippen LogP contribution in [-0.2, 0) is 4.74 Å². The third-order valence-corrected chi connectivity index (χ3v) is 4.53. The second-order valence-corrected chi connectivity index (χ2v) is 6.58. The van der Waals surface area contributed by atoms with Gasteiger partial charge in [0, 0.05) is 6.20 Å². The maximum absolute atomic E-state index is 12.6.